The number of morpholine rings is 1. The Balaban J connectivity index is 1.54. The first-order valence-corrected chi connectivity index (χ1v) is 9.42. The lowest BCUT2D eigenvalue weighted by molar-refractivity contribution is 0.000251. The zero-order valence-electron chi connectivity index (χ0n) is 16.3. The van der Waals surface area contributed by atoms with Gasteiger partial charge >= 0.3 is 0 Å². The van der Waals surface area contributed by atoms with Gasteiger partial charge in [0.1, 0.15) is 36.2 Å². The third kappa shape index (κ3) is 4.53. The average molecular weight is 409 g/mol. The predicted octanol–water partition coefficient (Wildman–Crippen LogP) is 2.30. The van der Waals surface area contributed by atoms with Crippen LogP contribution in [0.25, 0.3) is 11.3 Å². The summed E-state index contributed by atoms with van der Waals surface area (Å²) < 4.78 is 26.4. The van der Waals surface area contributed by atoms with Gasteiger partial charge in [0.05, 0.1) is 30.3 Å². The topological polar surface area (TPSA) is 121 Å². The van der Waals surface area contributed by atoms with Crippen LogP contribution in [0.1, 0.15) is 11.3 Å². The van der Waals surface area contributed by atoms with Crippen molar-refractivity contribution in [3.63, 3.8) is 0 Å². The molecule has 3 heterocycles. The summed E-state index contributed by atoms with van der Waals surface area (Å²) >= 11 is 0. The molecule has 1 aromatic carbocycles. The third-order valence-corrected chi connectivity index (χ3v) is 4.50. The van der Waals surface area contributed by atoms with Gasteiger partial charge in [0.25, 0.3) is 0 Å². The standard InChI is InChI=1S/C20H20FN7O2/c1-12-4-15(21)20(17(5-12)30-11-14-9-23-2-3-29-14)16-6-18(28-27-16)26-19-10-24-13(7-22)8-25-19/h4-6,8,10,14,23H,2-3,9,11H2,1H3,(H2,25,26,27,28)/t14-/m0/s1. The molecule has 9 nitrogen and oxygen atoms in total. The molecule has 0 amide bonds. The minimum absolute atomic E-state index is 0.0934. The monoisotopic (exact) mass is 409 g/mol. The molecule has 154 valence electrons. The van der Waals surface area contributed by atoms with Crippen molar-refractivity contribution in [1.82, 2.24) is 25.5 Å². The largest absolute Gasteiger partial charge is 0.490 e. The highest BCUT2D eigenvalue weighted by atomic mass is 19.1. The Kier molecular flexibility index (Phi) is 5.83. The van der Waals surface area contributed by atoms with Crippen LogP contribution in [0.4, 0.5) is 16.0 Å². The zero-order chi connectivity index (χ0) is 20.9. The fourth-order valence-electron chi connectivity index (χ4n) is 3.09. The molecule has 1 aliphatic rings. The van der Waals surface area contributed by atoms with E-state index in [1.54, 1.807) is 12.1 Å². The number of aromatic nitrogens is 4. The first-order chi connectivity index (χ1) is 14.6. The number of hydrogen-bond donors (Lipinski definition) is 3. The second-order valence-corrected chi connectivity index (χ2v) is 6.82. The SMILES string of the molecule is Cc1cc(F)c(-c2cc(Nc3cnc(C#N)cn3)n[nH]2)c(OC[C@@H]2CNCCO2)c1. The van der Waals surface area contributed by atoms with Gasteiger partial charge in [-0.2, -0.15) is 10.4 Å². The Labute approximate surface area is 172 Å². The summed E-state index contributed by atoms with van der Waals surface area (Å²) in [6.07, 6.45) is 2.68. The van der Waals surface area contributed by atoms with Crippen LogP contribution < -0.4 is 15.4 Å². The lowest BCUT2D eigenvalue weighted by Gasteiger charge is -2.24. The Morgan fingerprint density at radius 2 is 2.20 bits per heavy atom. The number of benzene rings is 1. The van der Waals surface area contributed by atoms with Crippen LogP contribution in [-0.4, -0.2) is 52.6 Å². The van der Waals surface area contributed by atoms with E-state index in [9.17, 15) is 4.39 Å². The third-order valence-electron chi connectivity index (χ3n) is 4.50. The highest BCUT2D eigenvalue weighted by Crippen LogP contribution is 2.34. The molecule has 1 fully saturated rings. The van der Waals surface area contributed by atoms with E-state index in [0.29, 0.717) is 42.8 Å². The smallest absolute Gasteiger partial charge is 0.158 e. The van der Waals surface area contributed by atoms with E-state index in [4.69, 9.17) is 14.7 Å². The van der Waals surface area contributed by atoms with Crippen molar-refractivity contribution in [2.75, 3.05) is 31.6 Å². The molecule has 30 heavy (non-hydrogen) atoms. The lowest BCUT2D eigenvalue weighted by Crippen LogP contribution is -2.41. The Morgan fingerprint density at radius 1 is 1.30 bits per heavy atom. The van der Waals surface area contributed by atoms with Gasteiger partial charge in [-0.1, -0.05) is 0 Å². The molecule has 0 spiro atoms. The van der Waals surface area contributed by atoms with Crippen molar-refractivity contribution in [3.8, 4) is 23.1 Å². The highest BCUT2D eigenvalue weighted by Gasteiger charge is 2.19. The number of H-pyrrole nitrogens is 1. The average Bonchev–Trinajstić information content (AvgIpc) is 3.21. The Bertz CT molecular complexity index is 1060. The van der Waals surface area contributed by atoms with Crippen LogP contribution >= 0.6 is 0 Å². The van der Waals surface area contributed by atoms with E-state index in [2.05, 4.69) is 30.8 Å². The molecule has 0 radical (unpaired) electrons. The Hall–Kier alpha value is -3.55. The molecule has 1 aliphatic heterocycles. The van der Waals surface area contributed by atoms with E-state index < -0.39 is 5.82 Å². The molecule has 4 rings (SSSR count). The number of rotatable bonds is 6. The van der Waals surface area contributed by atoms with Gasteiger partial charge in [-0.05, 0) is 24.6 Å². The van der Waals surface area contributed by atoms with Gasteiger partial charge in [0.15, 0.2) is 11.5 Å². The molecule has 0 unspecified atom stereocenters. The van der Waals surface area contributed by atoms with E-state index in [1.165, 1.54) is 18.5 Å². The van der Waals surface area contributed by atoms with Crippen molar-refractivity contribution < 1.29 is 13.9 Å². The molecule has 10 heteroatoms. The van der Waals surface area contributed by atoms with Crippen molar-refractivity contribution in [1.29, 1.82) is 5.26 Å². The van der Waals surface area contributed by atoms with Gasteiger partial charge in [-0.25, -0.2) is 14.4 Å². The number of nitrogens with one attached hydrogen (secondary N) is 3. The maximum atomic E-state index is 14.8. The number of nitrogens with zero attached hydrogens (tertiary/aromatic N) is 4. The molecule has 3 aromatic rings. The van der Waals surface area contributed by atoms with E-state index >= 15 is 0 Å². The van der Waals surface area contributed by atoms with Gasteiger partial charge in [-0.15, -0.1) is 0 Å². The van der Waals surface area contributed by atoms with Gasteiger partial charge in [-0.3, -0.25) is 5.10 Å². The van der Waals surface area contributed by atoms with Crippen LogP contribution in [0, 0.1) is 24.1 Å². The van der Waals surface area contributed by atoms with Crippen LogP contribution in [0.5, 0.6) is 5.75 Å². The lowest BCUT2D eigenvalue weighted by atomic mass is 10.1. The van der Waals surface area contributed by atoms with Crippen LogP contribution in [-0.2, 0) is 4.74 Å². The normalized spacial score (nSPS) is 16.1. The maximum Gasteiger partial charge on any atom is 0.158 e. The minimum atomic E-state index is -0.416. The van der Waals surface area contributed by atoms with Crippen molar-refractivity contribution in [2.45, 2.75) is 13.0 Å². The molecular formula is C20H20FN7O2. The van der Waals surface area contributed by atoms with E-state index in [1.807, 2.05) is 13.0 Å². The minimum Gasteiger partial charge on any atom is -0.490 e. The summed E-state index contributed by atoms with van der Waals surface area (Å²) in [6.45, 7) is 4.24. The molecule has 1 saturated heterocycles. The summed E-state index contributed by atoms with van der Waals surface area (Å²) in [4.78, 5) is 8.03. The van der Waals surface area contributed by atoms with E-state index in [0.717, 1.165) is 12.1 Å². The summed E-state index contributed by atoms with van der Waals surface area (Å²) in [5.41, 5.74) is 1.70. The number of nitriles is 1. The maximum absolute atomic E-state index is 14.8. The summed E-state index contributed by atoms with van der Waals surface area (Å²) in [7, 11) is 0. The number of halogens is 1. The summed E-state index contributed by atoms with van der Waals surface area (Å²) in [5, 5.41) is 22.0. The van der Waals surface area contributed by atoms with Crippen LogP contribution in [0.2, 0.25) is 0 Å². The molecule has 0 bridgehead atoms. The molecule has 3 N–H and O–H groups in total. The second-order valence-electron chi connectivity index (χ2n) is 6.82. The van der Waals surface area contributed by atoms with Crippen LogP contribution in [0.15, 0.2) is 30.6 Å². The first kappa shape index (κ1) is 19.8. The molecule has 2 aromatic heterocycles. The van der Waals surface area contributed by atoms with Gasteiger partial charge in [0, 0.05) is 19.2 Å². The Morgan fingerprint density at radius 3 is 2.93 bits per heavy atom. The molecule has 1 atom stereocenters. The van der Waals surface area contributed by atoms with Crippen molar-refractivity contribution >= 4 is 11.6 Å². The van der Waals surface area contributed by atoms with Crippen molar-refractivity contribution in [3.05, 3.63) is 47.7 Å². The highest BCUT2D eigenvalue weighted by molar-refractivity contribution is 5.71. The number of anilines is 2. The molecule has 0 aliphatic carbocycles. The molecular weight excluding hydrogens is 389 g/mol. The second kappa shape index (κ2) is 8.86. The predicted molar refractivity (Wildman–Crippen MR) is 107 cm³/mol. The first-order valence-electron chi connectivity index (χ1n) is 9.42. The summed E-state index contributed by atoms with van der Waals surface area (Å²) in [6, 6.07) is 6.79. The quantitative estimate of drug-likeness (QED) is 0.567. The fourth-order valence-corrected chi connectivity index (χ4v) is 3.09. The van der Waals surface area contributed by atoms with Gasteiger partial charge < -0.3 is 20.1 Å². The molecule has 0 saturated carbocycles. The zero-order valence-corrected chi connectivity index (χ0v) is 16.3. The number of aromatic amines is 1. The van der Waals surface area contributed by atoms with Gasteiger partial charge in [0.2, 0.25) is 0 Å². The number of ether oxygens (including phenoxy) is 2. The fraction of sp³-hybridized carbons (Fsp3) is 0.300. The number of aryl methyl sites for hydroxylation is 1. The van der Waals surface area contributed by atoms with Crippen molar-refractivity contribution in [2.24, 2.45) is 0 Å². The van der Waals surface area contributed by atoms with E-state index in [-0.39, 0.29) is 17.4 Å². The van der Waals surface area contributed by atoms with Crippen LogP contribution in [0.3, 0.4) is 0 Å². The summed E-state index contributed by atoms with van der Waals surface area (Å²) in [5.74, 6) is 0.834. The number of hydrogen-bond acceptors (Lipinski definition) is 8.